The van der Waals surface area contributed by atoms with E-state index in [0.29, 0.717) is 29.4 Å². The first-order chi connectivity index (χ1) is 16.4. The molecule has 3 aromatic rings. The van der Waals surface area contributed by atoms with Crippen LogP contribution in [0.3, 0.4) is 0 Å². The summed E-state index contributed by atoms with van der Waals surface area (Å²) in [6, 6.07) is 22.3. The van der Waals surface area contributed by atoms with Crippen molar-refractivity contribution in [3.63, 3.8) is 0 Å². The number of benzene rings is 3. The number of hydrogen-bond acceptors (Lipinski definition) is 5. The third-order valence-electron chi connectivity index (χ3n) is 5.49. The molecule has 4 rings (SSSR count). The minimum atomic E-state index is -0.772. The zero-order valence-electron chi connectivity index (χ0n) is 19.4. The van der Waals surface area contributed by atoms with Crippen LogP contribution in [0.4, 0.5) is 5.69 Å². The SMILES string of the molecule is CCOc1ccc(N2C(=O)C(=O)/C(=C(/O)c3ccc(OC(C)C)cc3)C2c2ccccc2)cc1. The Morgan fingerprint density at radius 3 is 2.12 bits per heavy atom. The quantitative estimate of drug-likeness (QED) is 0.288. The fourth-order valence-corrected chi connectivity index (χ4v) is 4.04. The van der Waals surface area contributed by atoms with Gasteiger partial charge in [0, 0.05) is 11.3 Å². The minimum Gasteiger partial charge on any atom is -0.507 e. The monoisotopic (exact) mass is 457 g/mol. The van der Waals surface area contributed by atoms with Gasteiger partial charge in [-0.1, -0.05) is 30.3 Å². The molecule has 0 bridgehead atoms. The van der Waals surface area contributed by atoms with Crippen molar-refractivity contribution in [2.75, 3.05) is 11.5 Å². The van der Waals surface area contributed by atoms with E-state index in [1.165, 1.54) is 4.90 Å². The molecule has 0 radical (unpaired) electrons. The van der Waals surface area contributed by atoms with E-state index in [1.54, 1.807) is 48.5 Å². The third kappa shape index (κ3) is 4.53. The number of Topliss-reactive ketones (excluding diaryl/α,β-unsaturated/α-hetero) is 1. The molecule has 1 amide bonds. The fourth-order valence-electron chi connectivity index (χ4n) is 4.04. The molecule has 1 aliphatic heterocycles. The molecule has 174 valence electrons. The molecule has 3 aromatic carbocycles. The van der Waals surface area contributed by atoms with Crippen LogP contribution in [0.2, 0.25) is 0 Å². The molecule has 1 atom stereocenters. The average molecular weight is 458 g/mol. The normalized spacial score (nSPS) is 17.3. The largest absolute Gasteiger partial charge is 0.507 e. The van der Waals surface area contributed by atoms with Crippen LogP contribution >= 0.6 is 0 Å². The first-order valence-corrected chi connectivity index (χ1v) is 11.3. The Labute approximate surface area is 199 Å². The lowest BCUT2D eigenvalue weighted by atomic mass is 9.95. The summed E-state index contributed by atoms with van der Waals surface area (Å²) < 4.78 is 11.2. The molecule has 34 heavy (non-hydrogen) atoms. The second-order valence-electron chi connectivity index (χ2n) is 8.20. The molecule has 6 heteroatoms. The molecule has 0 spiro atoms. The number of amides is 1. The molecule has 0 aliphatic carbocycles. The highest BCUT2D eigenvalue weighted by atomic mass is 16.5. The smallest absolute Gasteiger partial charge is 0.300 e. The van der Waals surface area contributed by atoms with Gasteiger partial charge in [-0.25, -0.2) is 0 Å². The second-order valence-corrected chi connectivity index (χ2v) is 8.20. The zero-order chi connectivity index (χ0) is 24.2. The summed E-state index contributed by atoms with van der Waals surface area (Å²) in [4.78, 5) is 27.8. The molecule has 1 unspecified atom stereocenters. The van der Waals surface area contributed by atoms with E-state index >= 15 is 0 Å². The topological polar surface area (TPSA) is 76.1 Å². The third-order valence-corrected chi connectivity index (χ3v) is 5.49. The fraction of sp³-hybridized carbons (Fsp3) is 0.214. The predicted molar refractivity (Wildman–Crippen MR) is 131 cm³/mol. The van der Waals surface area contributed by atoms with Gasteiger partial charge in [-0.2, -0.15) is 0 Å². The Balaban J connectivity index is 1.81. The lowest BCUT2D eigenvalue weighted by Crippen LogP contribution is -2.29. The highest BCUT2D eigenvalue weighted by Gasteiger charge is 2.46. The number of aliphatic hydroxyl groups is 1. The van der Waals surface area contributed by atoms with Crippen molar-refractivity contribution in [3.8, 4) is 11.5 Å². The maximum absolute atomic E-state index is 13.2. The van der Waals surface area contributed by atoms with Gasteiger partial charge >= 0.3 is 0 Å². The number of rotatable bonds is 7. The van der Waals surface area contributed by atoms with Crippen molar-refractivity contribution in [1.29, 1.82) is 0 Å². The van der Waals surface area contributed by atoms with E-state index < -0.39 is 17.7 Å². The van der Waals surface area contributed by atoms with E-state index in [4.69, 9.17) is 9.47 Å². The Hall–Kier alpha value is -4.06. The van der Waals surface area contributed by atoms with Crippen LogP contribution in [-0.2, 0) is 9.59 Å². The highest BCUT2D eigenvalue weighted by molar-refractivity contribution is 6.51. The number of ketones is 1. The molecular weight excluding hydrogens is 430 g/mol. The Kier molecular flexibility index (Phi) is 6.68. The summed E-state index contributed by atoms with van der Waals surface area (Å²) >= 11 is 0. The second kappa shape index (κ2) is 9.83. The van der Waals surface area contributed by atoms with Gasteiger partial charge in [0.25, 0.3) is 11.7 Å². The summed E-state index contributed by atoms with van der Waals surface area (Å²) in [5, 5.41) is 11.2. The van der Waals surface area contributed by atoms with Crippen LogP contribution in [0.5, 0.6) is 11.5 Å². The number of carbonyl (C=O) groups excluding carboxylic acids is 2. The van der Waals surface area contributed by atoms with Gasteiger partial charge in [0.15, 0.2) is 0 Å². The molecule has 0 aromatic heterocycles. The van der Waals surface area contributed by atoms with Crippen molar-refractivity contribution < 1.29 is 24.2 Å². The Morgan fingerprint density at radius 1 is 0.912 bits per heavy atom. The van der Waals surface area contributed by atoms with Gasteiger partial charge in [0.1, 0.15) is 17.3 Å². The van der Waals surface area contributed by atoms with E-state index in [2.05, 4.69) is 0 Å². The minimum absolute atomic E-state index is 0.0111. The maximum Gasteiger partial charge on any atom is 0.300 e. The van der Waals surface area contributed by atoms with Gasteiger partial charge in [0.2, 0.25) is 0 Å². The van der Waals surface area contributed by atoms with Gasteiger partial charge in [-0.05, 0) is 74.9 Å². The molecule has 1 aliphatic rings. The van der Waals surface area contributed by atoms with E-state index in [9.17, 15) is 14.7 Å². The van der Waals surface area contributed by atoms with Gasteiger partial charge in [-0.3, -0.25) is 14.5 Å². The number of nitrogens with zero attached hydrogens (tertiary/aromatic N) is 1. The standard InChI is InChI=1S/C28H27NO5/c1-4-33-22-16-12-21(13-17-22)29-25(19-8-6-5-7-9-19)24(27(31)28(29)32)26(30)20-10-14-23(15-11-20)34-18(2)3/h5-18,25,30H,4H2,1-3H3/b26-24+. The number of carbonyl (C=O) groups is 2. The van der Waals surface area contributed by atoms with Crippen molar-refractivity contribution >= 4 is 23.1 Å². The van der Waals surface area contributed by atoms with Crippen LogP contribution in [0.15, 0.2) is 84.4 Å². The van der Waals surface area contributed by atoms with Crippen LogP contribution in [0.25, 0.3) is 5.76 Å². The van der Waals surface area contributed by atoms with Crippen molar-refractivity contribution in [2.24, 2.45) is 0 Å². The maximum atomic E-state index is 13.2. The summed E-state index contributed by atoms with van der Waals surface area (Å²) in [6.07, 6.45) is 0.0111. The summed E-state index contributed by atoms with van der Waals surface area (Å²) in [7, 11) is 0. The molecule has 1 fully saturated rings. The summed E-state index contributed by atoms with van der Waals surface area (Å²) in [5.74, 6) is -0.331. The van der Waals surface area contributed by atoms with E-state index in [1.807, 2.05) is 51.1 Å². The van der Waals surface area contributed by atoms with Crippen LogP contribution in [0, 0.1) is 0 Å². The summed E-state index contributed by atoms with van der Waals surface area (Å²) in [6.45, 7) is 6.27. The Morgan fingerprint density at radius 2 is 1.53 bits per heavy atom. The first kappa shape index (κ1) is 23.1. The van der Waals surface area contributed by atoms with Crippen molar-refractivity contribution in [1.82, 2.24) is 0 Å². The highest BCUT2D eigenvalue weighted by Crippen LogP contribution is 2.42. The van der Waals surface area contributed by atoms with Gasteiger partial charge < -0.3 is 14.6 Å². The van der Waals surface area contributed by atoms with E-state index in [0.717, 1.165) is 5.56 Å². The molecule has 1 heterocycles. The number of aliphatic hydroxyl groups excluding tert-OH is 1. The molecule has 1 N–H and O–H groups in total. The average Bonchev–Trinajstić information content (AvgIpc) is 3.10. The zero-order valence-corrected chi connectivity index (χ0v) is 19.4. The Bertz CT molecular complexity index is 1200. The molecule has 1 saturated heterocycles. The van der Waals surface area contributed by atoms with Crippen LogP contribution in [-0.4, -0.2) is 29.5 Å². The number of ether oxygens (including phenoxy) is 2. The predicted octanol–water partition coefficient (Wildman–Crippen LogP) is 5.50. The van der Waals surface area contributed by atoms with Crippen molar-refractivity contribution in [2.45, 2.75) is 32.9 Å². The molecule has 0 saturated carbocycles. The molecular formula is C28H27NO5. The van der Waals surface area contributed by atoms with Gasteiger partial charge in [-0.15, -0.1) is 0 Å². The molecule has 6 nitrogen and oxygen atoms in total. The van der Waals surface area contributed by atoms with Crippen LogP contribution < -0.4 is 14.4 Å². The first-order valence-electron chi connectivity index (χ1n) is 11.3. The van der Waals surface area contributed by atoms with E-state index in [-0.39, 0.29) is 17.4 Å². The summed E-state index contributed by atoms with van der Waals surface area (Å²) in [5.41, 5.74) is 1.74. The number of hydrogen-bond donors (Lipinski definition) is 1. The van der Waals surface area contributed by atoms with Gasteiger partial charge in [0.05, 0.1) is 24.3 Å². The van der Waals surface area contributed by atoms with Crippen molar-refractivity contribution in [3.05, 3.63) is 95.6 Å². The lowest BCUT2D eigenvalue weighted by Gasteiger charge is -2.25. The lowest BCUT2D eigenvalue weighted by molar-refractivity contribution is -0.132. The van der Waals surface area contributed by atoms with Crippen LogP contribution in [0.1, 0.15) is 37.9 Å². The number of anilines is 1.